The molecular formula is C14H18ClFN2O2S. The number of para-hydroxylation sites is 1. The molecule has 7 heteroatoms. The molecule has 0 aliphatic rings. The zero-order valence-electron chi connectivity index (χ0n) is 12.4. The van der Waals surface area contributed by atoms with E-state index in [0.29, 0.717) is 11.3 Å². The second kappa shape index (κ2) is 5.25. The highest BCUT2D eigenvalue weighted by atomic mass is 35.5. The fourth-order valence-corrected chi connectivity index (χ4v) is 2.63. The highest BCUT2D eigenvalue weighted by Crippen LogP contribution is 2.29. The van der Waals surface area contributed by atoms with Crippen LogP contribution in [0.1, 0.15) is 32.0 Å². The minimum atomic E-state index is -3.29. The molecule has 1 heterocycles. The first-order valence-electron chi connectivity index (χ1n) is 6.53. The topological polar surface area (TPSA) is 52.0 Å². The quantitative estimate of drug-likeness (QED) is 0.807. The Labute approximate surface area is 128 Å². The smallest absolute Gasteiger partial charge is 0.154 e. The first kappa shape index (κ1) is 16.2. The van der Waals surface area contributed by atoms with Gasteiger partial charge in [0.1, 0.15) is 11.3 Å². The molecule has 0 N–H and O–H groups in total. The minimum Gasteiger partial charge on any atom is -0.325 e. The Morgan fingerprint density at radius 2 is 2.05 bits per heavy atom. The zero-order chi connectivity index (χ0) is 16.0. The molecule has 1 aromatic heterocycles. The molecule has 0 bridgehead atoms. The van der Waals surface area contributed by atoms with Crippen LogP contribution in [0, 0.1) is 5.82 Å². The van der Waals surface area contributed by atoms with Crippen molar-refractivity contribution in [2.24, 2.45) is 0 Å². The van der Waals surface area contributed by atoms with Gasteiger partial charge in [0.25, 0.3) is 0 Å². The number of halogens is 2. The predicted molar refractivity (Wildman–Crippen MR) is 82.9 cm³/mol. The van der Waals surface area contributed by atoms with E-state index >= 15 is 0 Å². The summed E-state index contributed by atoms with van der Waals surface area (Å²) in [6.45, 7) is 5.16. The summed E-state index contributed by atoms with van der Waals surface area (Å²) in [6, 6.07) is 4.61. The van der Waals surface area contributed by atoms with E-state index in [-0.39, 0.29) is 12.1 Å². The number of rotatable bonds is 4. The van der Waals surface area contributed by atoms with Crippen LogP contribution in [-0.2, 0) is 16.4 Å². The molecule has 1 unspecified atom stereocenters. The van der Waals surface area contributed by atoms with E-state index in [4.69, 9.17) is 11.6 Å². The second-order valence-electron chi connectivity index (χ2n) is 5.81. The van der Waals surface area contributed by atoms with Gasteiger partial charge in [-0.3, -0.25) is 0 Å². The van der Waals surface area contributed by atoms with E-state index in [1.807, 2.05) is 0 Å². The van der Waals surface area contributed by atoms with Crippen LogP contribution in [0.2, 0.25) is 0 Å². The second-order valence-corrected chi connectivity index (χ2v) is 9.12. The summed E-state index contributed by atoms with van der Waals surface area (Å²) >= 11 is 6.12. The highest BCUT2D eigenvalue weighted by molar-refractivity contribution is 7.92. The van der Waals surface area contributed by atoms with Crippen molar-refractivity contribution < 1.29 is 12.8 Å². The summed E-state index contributed by atoms with van der Waals surface area (Å²) in [5.41, 5.74) is 0.763. The molecule has 1 atom stereocenters. The largest absolute Gasteiger partial charge is 0.325 e. The molecule has 116 valence electrons. The number of hydrogen-bond donors (Lipinski definition) is 0. The molecule has 4 nitrogen and oxygen atoms in total. The van der Waals surface area contributed by atoms with Gasteiger partial charge < -0.3 is 4.57 Å². The number of aromatic nitrogens is 2. The van der Waals surface area contributed by atoms with Crippen LogP contribution in [0.4, 0.5) is 4.39 Å². The lowest BCUT2D eigenvalue weighted by Gasteiger charge is -2.25. The van der Waals surface area contributed by atoms with Gasteiger partial charge in [0.15, 0.2) is 15.7 Å². The Morgan fingerprint density at radius 1 is 1.43 bits per heavy atom. The number of sulfone groups is 1. The van der Waals surface area contributed by atoms with Crippen LogP contribution in [0.3, 0.4) is 0 Å². The molecule has 0 radical (unpaired) electrons. The summed E-state index contributed by atoms with van der Waals surface area (Å²) in [7, 11) is -3.29. The Kier molecular flexibility index (Phi) is 4.06. The van der Waals surface area contributed by atoms with Crippen molar-refractivity contribution in [3.8, 4) is 0 Å². The highest BCUT2D eigenvalue weighted by Gasteiger charge is 2.32. The molecule has 0 amide bonds. The van der Waals surface area contributed by atoms with Crippen LogP contribution >= 0.6 is 11.6 Å². The minimum absolute atomic E-state index is 0.165. The van der Waals surface area contributed by atoms with Crippen molar-refractivity contribution >= 4 is 32.5 Å². The van der Waals surface area contributed by atoms with Crippen molar-refractivity contribution in [2.45, 2.75) is 37.4 Å². The Balaban J connectivity index is 2.68. The molecule has 0 spiro atoms. The van der Waals surface area contributed by atoms with Crippen LogP contribution in [0.15, 0.2) is 18.2 Å². The van der Waals surface area contributed by atoms with Crippen molar-refractivity contribution in [1.29, 1.82) is 0 Å². The predicted octanol–water partition coefficient (Wildman–Crippen LogP) is 3.30. The molecule has 1 aromatic carbocycles. The number of nitrogens with zero attached hydrogens (tertiary/aromatic N) is 2. The van der Waals surface area contributed by atoms with Crippen molar-refractivity contribution in [1.82, 2.24) is 9.55 Å². The first-order valence-corrected chi connectivity index (χ1v) is 8.86. The summed E-state index contributed by atoms with van der Waals surface area (Å²) in [4.78, 5) is 4.24. The molecule has 0 aliphatic carbocycles. The molecular weight excluding hydrogens is 315 g/mol. The summed E-state index contributed by atoms with van der Waals surface area (Å²) in [6.07, 6.45) is 1.19. The van der Waals surface area contributed by atoms with Gasteiger partial charge in [-0.2, -0.15) is 0 Å². The fourth-order valence-electron chi connectivity index (χ4n) is 2.10. The van der Waals surface area contributed by atoms with Gasteiger partial charge in [-0.05, 0) is 32.9 Å². The van der Waals surface area contributed by atoms with Crippen LogP contribution in [0.5, 0.6) is 0 Å². The number of alkyl halides is 1. The molecule has 0 saturated heterocycles. The van der Waals surface area contributed by atoms with E-state index in [2.05, 4.69) is 4.98 Å². The summed E-state index contributed by atoms with van der Waals surface area (Å²) in [5, 5.41) is -0.452. The van der Waals surface area contributed by atoms with E-state index < -0.39 is 25.8 Å². The third-order valence-electron chi connectivity index (χ3n) is 3.66. The molecule has 2 aromatic rings. The average Bonchev–Trinajstić information content (AvgIpc) is 2.68. The molecule has 0 saturated carbocycles. The monoisotopic (exact) mass is 332 g/mol. The van der Waals surface area contributed by atoms with Gasteiger partial charge in [0, 0.05) is 12.8 Å². The maximum Gasteiger partial charge on any atom is 0.154 e. The van der Waals surface area contributed by atoms with Crippen LogP contribution < -0.4 is 0 Å². The lowest BCUT2D eigenvalue weighted by atomic mass is 10.2. The number of fused-ring (bicyclic) bond motifs is 1. The van der Waals surface area contributed by atoms with Gasteiger partial charge in [-0.15, -0.1) is 11.6 Å². The fraction of sp³-hybridized carbons (Fsp3) is 0.500. The SMILES string of the molecule is CC(Cl)c1nc2c(F)cccc2n1CC(C)(C)S(C)(=O)=O. The number of imidazole rings is 1. The number of benzene rings is 1. The van der Waals surface area contributed by atoms with Crippen LogP contribution in [-0.4, -0.2) is 29.0 Å². The summed E-state index contributed by atoms with van der Waals surface area (Å²) in [5.74, 6) is 0.0236. The standard InChI is InChI=1S/C14H18ClFN2O2S/c1-9(15)13-17-12-10(16)6-5-7-11(12)18(13)8-14(2,3)21(4,19)20/h5-7,9H,8H2,1-4H3. The maximum absolute atomic E-state index is 13.9. The lowest BCUT2D eigenvalue weighted by Crippen LogP contribution is -2.36. The van der Waals surface area contributed by atoms with E-state index in [1.165, 1.54) is 12.3 Å². The Bertz CT molecular complexity index is 782. The Hall–Kier alpha value is -1.14. The molecule has 0 aliphatic heterocycles. The average molecular weight is 333 g/mol. The summed E-state index contributed by atoms with van der Waals surface area (Å²) < 4.78 is 38.4. The van der Waals surface area contributed by atoms with Gasteiger partial charge in [-0.1, -0.05) is 6.07 Å². The molecule has 21 heavy (non-hydrogen) atoms. The van der Waals surface area contributed by atoms with Crippen LogP contribution in [0.25, 0.3) is 11.0 Å². The maximum atomic E-state index is 13.9. The van der Waals surface area contributed by atoms with Gasteiger partial charge in [0.05, 0.1) is 15.6 Å². The van der Waals surface area contributed by atoms with E-state index in [1.54, 1.807) is 37.5 Å². The van der Waals surface area contributed by atoms with Crippen molar-refractivity contribution in [3.63, 3.8) is 0 Å². The van der Waals surface area contributed by atoms with Gasteiger partial charge in [-0.25, -0.2) is 17.8 Å². The number of hydrogen-bond acceptors (Lipinski definition) is 3. The van der Waals surface area contributed by atoms with Gasteiger partial charge in [0.2, 0.25) is 0 Å². The normalized spacial score (nSPS) is 14.6. The first-order chi connectivity index (χ1) is 9.54. The van der Waals surface area contributed by atoms with E-state index in [0.717, 1.165) is 0 Å². The van der Waals surface area contributed by atoms with Crippen molar-refractivity contribution in [3.05, 3.63) is 29.8 Å². The Morgan fingerprint density at radius 3 is 2.57 bits per heavy atom. The molecule has 0 fully saturated rings. The van der Waals surface area contributed by atoms with Crippen molar-refractivity contribution in [2.75, 3.05) is 6.26 Å². The van der Waals surface area contributed by atoms with Gasteiger partial charge >= 0.3 is 0 Å². The lowest BCUT2D eigenvalue weighted by molar-refractivity contribution is 0.499. The zero-order valence-corrected chi connectivity index (χ0v) is 14.0. The molecule has 2 rings (SSSR count). The third kappa shape index (κ3) is 2.92. The van der Waals surface area contributed by atoms with E-state index in [9.17, 15) is 12.8 Å². The third-order valence-corrected chi connectivity index (χ3v) is 5.99.